The molecule has 90 valence electrons. The standard InChI is InChI=1S/C12H14N2O3/c1-2-14-6-5-13-10-7-8(12(16)17)3-4-9(10)11(14)15/h3-4,7,13H,2,5-6H2,1H3,(H,16,17). The number of carbonyl (C=O) groups is 2. The minimum atomic E-state index is -0.987. The maximum atomic E-state index is 12.1. The Kier molecular flexibility index (Phi) is 2.99. The summed E-state index contributed by atoms with van der Waals surface area (Å²) in [6.45, 7) is 3.84. The van der Waals surface area contributed by atoms with Gasteiger partial charge in [0.1, 0.15) is 0 Å². The summed E-state index contributed by atoms with van der Waals surface area (Å²) >= 11 is 0. The Bertz CT molecular complexity index is 471. The number of carboxylic acids is 1. The first-order valence-electron chi connectivity index (χ1n) is 5.54. The van der Waals surface area contributed by atoms with Gasteiger partial charge in [0.05, 0.1) is 11.1 Å². The quantitative estimate of drug-likeness (QED) is 0.808. The van der Waals surface area contributed by atoms with Crippen LogP contribution in [-0.4, -0.2) is 41.5 Å². The molecule has 2 rings (SSSR count). The van der Waals surface area contributed by atoms with E-state index in [1.807, 2.05) is 6.92 Å². The third-order valence-corrected chi connectivity index (χ3v) is 2.86. The van der Waals surface area contributed by atoms with Gasteiger partial charge in [0.25, 0.3) is 5.91 Å². The van der Waals surface area contributed by atoms with Crippen LogP contribution in [0.15, 0.2) is 18.2 Å². The molecule has 0 aliphatic carbocycles. The van der Waals surface area contributed by atoms with E-state index < -0.39 is 5.97 Å². The lowest BCUT2D eigenvalue weighted by molar-refractivity contribution is 0.0695. The van der Waals surface area contributed by atoms with Crippen LogP contribution in [0.2, 0.25) is 0 Å². The molecule has 1 amide bonds. The van der Waals surface area contributed by atoms with E-state index in [1.54, 1.807) is 11.0 Å². The number of carbonyl (C=O) groups excluding carboxylic acids is 1. The van der Waals surface area contributed by atoms with E-state index in [0.717, 1.165) is 0 Å². The second-order valence-electron chi connectivity index (χ2n) is 3.88. The van der Waals surface area contributed by atoms with E-state index in [1.165, 1.54) is 12.1 Å². The van der Waals surface area contributed by atoms with Gasteiger partial charge in [0.15, 0.2) is 0 Å². The first-order chi connectivity index (χ1) is 8.13. The molecule has 1 aliphatic rings. The minimum Gasteiger partial charge on any atom is -0.478 e. The Hall–Kier alpha value is -2.04. The summed E-state index contributed by atoms with van der Waals surface area (Å²) in [6, 6.07) is 4.54. The number of benzene rings is 1. The molecule has 1 heterocycles. The molecule has 0 aromatic heterocycles. The summed E-state index contributed by atoms with van der Waals surface area (Å²) < 4.78 is 0. The number of nitrogens with one attached hydrogen (secondary N) is 1. The number of carboxylic acid groups (broad SMARTS) is 1. The van der Waals surface area contributed by atoms with Crippen LogP contribution >= 0.6 is 0 Å². The molecule has 0 saturated carbocycles. The molecule has 0 saturated heterocycles. The third kappa shape index (κ3) is 2.08. The van der Waals surface area contributed by atoms with Gasteiger partial charge in [-0.15, -0.1) is 0 Å². The van der Waals surface area contributed by atoms with E-state index in [0.29, 0.717) is 30.9 Å². The van der Waals surface area contributed by atoms with E-state index in [4.69, 9.17) is 5.11 Å². The largest absolute Gasteiger partial charge is 0.478 e. The molecule has 0 fully saturated rings. The summed E-state index contributed by atoms with van der Waals surface area (Å²) in [4.78, 5) is 24.7. The van der Waals surface area contributed by atoms with Gasteiger partial charge in [-0.05, 0) is 25.1 Å². The average Bonchev–Trinajstić information content (AvgIpc) is 2.48. The van der Waals surface area contributed by atoms with E-state index in [2.05, 4.69) is 5.32 Å². The zero-order chi connectivity index (χ0) is 12.4. The van der Waals surface area contributed by atoms with Crippen molar-refractivity contribution in [1.82, 2.24) is 4.90 Å². The van der Waals surface area contributed by atoms with Gasteiger partial charge in [-0.1, -0.05) is 0 Å². The van der Waals surface area contributed by atoms with Crippen LogP contribution in [0.3, 0.4) is 0 Å². The Morgan fingerprint density at radius 1 is 1.53 bits per heavy atom. The van der Waals surface area contributed by atoms with Crippen molar-refractivity contribution in [3.63, 3.8) is 0 Å². The van der Waals surface area contributed by atoms with E-state index in [-0.39, 0.29) is 11.5 Å². The summed E-state index contributed by atoms with van der Waals surface area (Å²) in [5.41, 5.74) is 1.33. The number of aromatic carboxylic acids is 1. The molecular formula is C12H14N2O3. The van der Waals surface area contributed by atoms with Crippen molar-refractivity contribution in [3.8, 4) is 0 Å². The fourth-order valence-electron chi connectivity index (χ4n) is 1.91. The molecule has 5 heteroatoms. The van der Waals surface area contributed by atoms with Crippen molar-refractivity contribution < 1.29 is 14.7 Å². The molecule has 0 radical (unpaired) electrons. The minimum absolute atomic E-state index is 0.0514. The first-order valence-corrected chi connectivity index (χ1v) is 5.54. The molecule has 2 N–H and O–H groups in total. The summed E-state index contributed by atoms with van der Waals surface area (Å²) in [5, 5.41) is 12.0. The van der Waals surface area contributed by atoms with Gasteiger partial charge in [0, 0.05) is 25.3 Å². The molecule has 1 aromatic rings. The van der Waals surface area contributed by atoms with Crippen molar-refractivity contribution in [1.29, 1.82) is 0 Å². The van der Waals surface area contributed by atoms with Crippen LogP contribution in [0.4, 0.5) is 5.69 Å². The predicted octanol–water partition coefficient (Wildman–Crippen LogP) is 1.27. The molecule has 5 nitrogen and oxygen atoms in total. The average molecular weight is 234 g/mol. The van der Waals surface area contributed by atoms with Crippen molar-refractivity contribution >= 4 is 17.6 Å². The number of hydrogen-bond donors (Lipinski definition) is 2. The monoisotopic (exact) mass is 234 g/mol. The normalized spacial score (nSPS) is 14.9. The van der Waals surface area contributed by atoms with Gasteiger partial charge in [-0.2, -0.15) is 0 Å². The van der Waals surface area contributed by atoms with Gasteiger partial charge in [-0.3, -0.25) is 4.79 Å². The zero-order valence-electron chi connectivity index (χ0n) is 9.56. The van der Waals surface area contributed by atoms with Crippen molar-refractivity contribution in [2.75, 3.05) is 25.0 Å². The van der Waals surface area contributed by atoms with Gasteiger partial charge >= 0.3 is 5.97 Å². The molecule has 17 heavy (non-hydrogen) atoms. The highest BCUT2D eigenvalue weighted by Gasteiger charge is 2.21. The lowest BCUT2D eigenvalue weighted by Gasteiger charge is -2.17. The number of fused-ring (bicyclic) bond motifs is 1. The summed E-state index contributed by atoms with van der Waals surface area (Å²) in [5.74, 6) is -1.04. The maximum Gasteiger partial charge on any atom is 0.335 e. The highest BCUT2D eigenvalue weighted by atomic mass is 16.4. The lowest BCUT2D eigenvalue weighted by Crippen LogP contribution is -2.32. The number of amides is 1. The lowest BCUT2D eigenvalue weighted by atomic mass is 10.1. The van der Waals surface area contributed by atoms with Gasteiger partial charge in [0.2, 0.25) is 0 Å². The van der Waals surface area contributed by atoms with Crippen molar-refractivity contribution in [2.24, 2.45) is 0 Å². The topological polar surface area (TPSA) is 69.6 Å². The molecular weight excluding hydrogens is 220 g/mol. The highest BCUT2D eigenvalue weighted by Crippen LogP contribution is 2.22. The third-order valence-electron chi connectivity index (χ3n) is 2.86. The van der Waals surface area contributed by atoms with Gasteiger partial charge < -0.3 is 15.3 Å². The fraction of sp³-hybridized carbons (Fsp3) is 0.333. The fourth-order valence-corrected chi connectivity index (χ4v) is 1.91. The van der Waals surface area contributed by atoms with Crippen molar-refractivity contribution in [2.45, 2.75) is 6.92 Å². The molecule has 0 bridgehead atoms. The van der Waals surface area contributed by atoms with Crippen LogP contribution in [0.25, 0.3) is 0 Å². The molecule has 0 spiro atoms. The summed E-state index contributed by atoms with van der Waals surface area (Å²) in [6.07, 6.45) is 0. The number of hydrogen-bond acceptors (Lipinski definition) is 3. The van der Waals surface area contributed by atoms with Crippen LogP contribution in [-0.2, 0) is 0 Å². The Labute approximate surface area is 99.0 Å². The van der Waals surface area contributed by atoms with E-state index >= 15 is 0 Å². The molecule has 0 unspecified atom stereocenters. The first kappa shape index (κ1) is 11.4. The predicted molar refractivity (Wildman–Crippen MR) is 63.5 cm³/mol. The number of anilines is 1. The van der Waals surface area contributed by atoms with Crippen LogP contribution in [0.1, 0.15) is 27.6 Å². The van der Waals surface area contributed by atoms with Crippen LogP contribution in [0, 0.1) is 0 Å². The Morgan fingerprint density at radius 3 is 2.94 bits per heavy atom. The number of nitrogens with zero attached hydrogens (tertiary/aromatic N) is 1. The Morgan fingerprint density at radius 2 is 2.29 bits per heavy atom. The van der Waals surface area contributed by atoms with Gasteiger partial charge in [-0.25, -0.2) is 4.79 Å². The molecule has 0 atom stereocenters. The van der Waals surface area contributed by atoms with E-state index in [9.17, 15) is 9.59 Å². The smallest absolute Gasteiger partial charge is 0.335 e. The zero-order valence-corrected chi connectivity index (χ0v) is 9.56. The molecule has 1 aromatic carbocycles. The highest BCUT2D eigenvalue weighted by molar-refractivity contribution is 6.02. The van der Waals surface area contributed by atoms with Crippen LogP contribution in [0.5, 0.6) is 0 Å². The number of likely N-dealkylation sites (N-methyl/N-ethyl adjacent to an activating group) is 1. The SMILES string of the molecule is CCN1CCNc2cc(C(=O)O)ccc2C1=O. The van der Waals surface area contributed by atoms with Crippen LogP contribution < -0.4 is 5.32 Å². The molecule has 1 aliphatic heterocycles. The summed E-state index contributed by atoms with van der Waals surface area (Å²) in [7, 11) is 0. The van der Waals surface area contributed by atoms with Crippen molar-refractivity contribution in [3.05, 3.63) is 29.3 Å². The second kappa shape index (κ2) is 4.45. The second-order valence-corrected chi connectivity index (χ2v) is 3.88. The number of rotatable bonds is 2. The Balaban J connectivity index is 2.43. The maximum absolute atomic E-state index is 12.1.